The van der Waals surface area contributed by atoms with Crippen LogP contribution in [0.5, 0.6) is 0 Å². The molecule has 0 radical (unpaired) electrons. The average Bonchev–Trinajstić information content (AvgIpc) is 2.61. The molecule has 144 valence electrons. The monoisotopic (exact) mass is 389 g/mol. The molecular weight excluding hydrogens is 366 g/mol. The molecule has 2 aromatic rings. The Hall–Kier alpha value is -2.67. The van der Waals surface area contributed by atoms with Gasteiger partial charge in [0.2, 0.25) is 0 Å². The van der Waals surface area contributed by atoms with Crippen molar-refractivity contribution < 1.29 is 22.7 Å². The zero-order valence-corrected chi connectivity index (χ0v) is 16.5. The number of ether oxygens (including phenoxy) is 1. The van der Waals surface area contributed by atoms with Crippen LogP contribution < -0.4 is 5.32 Å². The fourth-order valence-electron chi connectivity index (χ4n) is 2.47. The topological polar surface area (TPSA) is 89.5 Å². The van der Waals surface area contributed by atoms with Crippen LogP contribution in [0.15, 0.2) is 53.4 Å². The number of amides is 1. The van der Waals surface area contributed by atoms with Crippen molar-refractivity contribution in [2.45, 2.75) is 37.7 Å². The number of anilines is 1. The molecular formula is C20H23NO5S. The van der Waals surface area contributed by atoms with Crippen molar-refractivity contribution in [2.75, 3.05) is 11.6 Å². The molecule has 7 heteroatoms. The van der Waals surface area contributed by atoms with Crippen molar-refractivity contribution in [3.8, 4) is 0 Å². The molecule has 0 aromatic heterocycles. The second-order valence-electron chi connectivity index (χ2n) is 6.58. The van der Waals surface area contributed by atoms with Gasteiger partial charge in [0.25, 0.3) is 5.91 Å². The Morgan fingerprint density at radius 3 is 2.11 bits per heavy atom. The number of hydrogen-bond donors (Lipinski definition) is 1. The highest BCUT2D eigenvalue weighted by atomic mass is 32.2. The summed E-state index contributed by atoms with van der Waals surface area (Å²) in [6, 6.07) is 12.8. The lowest BCUT2D eigenvalue weighted by Gasteiger charge is -2.17. The summed E-state index contributed by atoms with van der Waals surface area (Å²) < 4.78 is 28.1. The van der Waals surface area contributed by atoms with Gasteiger partial charge in [-0.15, -0.1) is 0 Å². The minimum Gasteiger partial charge on any atom is -0.449 e. The Morgan fingerprint density at radius 2 is 1.56 bits per heavy atom. The molecule has 0 aliphatic carbocycles. The number of benzene rings is 2. The van der Waals surface area contributed by atoms with E-state index in [4.69, 9.17) is 4.74 Å². The van der Waals surface area contributed by atoms with Gasteiger partial charge in [-0.1, -0.05) is 32.0 Å². The smallest absolute Gasteiger partial charge is 0.338 e. The number of rotatable bonds is 6. The van der Waals surface area contributed by atoms with Gasteiger partial charge in [-0.3, -0.25) is 4.79 Å². The van der Waals surface area contributed by atoms with Crippen molar-refractivity contribution in [3.63, 3.8) is 0 Å². The number of carbonyl (C=O) groups excluding carboxylic acids is 2. The van der Waals surface area contributed by atoms with Gasteiger partial charge in [0, 0.05) is 11.9 Å². The Balaban J connectivity index is 2.05. The predicted octanol–water partition coefficient (Wildman–Crippen LogP) is 3.40. The molecule has 0 saturated carbocycles. The van der Waals surface area contributed by atoms with Gasteiger partial charge < -0.3 is 10.1 Å². The second kappa shape index (κ2) is 8.35. The molecule has 2 rings (SSSR count). The van der Waals surface area contributed by atoms with Crippen molar-refractivity contribution in [1.82, 2.24) is 0 Å². The van der Waals surface area contributed by atoms with E-state index >= 15 is 0 Å². The first-order chi connectivity index (χ1) is 12.6. The van der Waals surface area contributed by atoms with E-state index in [2.05, 4.69) is 5.32 Å². The van der Waals surface area contributed by atoms with Crippen molar-refractivity contribution in [3.05, 3.63) is 59.7 Å². The third-order valence-corrected chi connectivity index (χ3v) is 5.14. The normalized spacial score (nSPS) is 12.5. The average molecular weight is 389 g/mol. The first-order valence-corrected chi connectivity index (χ1v) is 10.4. The van der Waals surface area contributed by atoms with E-state index in [0.29, 0.717) is 5.69 Å². The molecule has 0 spiro atoms. The third kappa shape index (κ3) is 5.40. The number of hydrogen-bond acceptors (Lipinski definition) is 5. The van der Waals surface area contributed by atoms with Crippen molar-refractivity contribution >= 4 is 27.4 Å². The van der Waals surface area contributed by atoms with E-state index in [1.807, 2.05) is 32.0 Å². The number of carbonyl (C=O) groups is 2. The molecule has 27 heavy (non-hydrogen) atoms. The van der Waals surface area contributed by atoms with E-state index in [0.717, 1.165) is 11.8 Å². The van der Waals surface area contributed by atoms with Crippen LogP contribution in [0.3, 0.4) is 0 Å². The summed E-state index contributed by atoms with van der Waals surface area (Å²) in [5.74, 6) is -0.910. The van der Waals surface area contributed by atoms with Gasteiger partial charge in [0.05, 0.1) is 10.5 Å². The maximum Gasteiger partial charge on any atom is 0.338 e. The summed E-state index contributed by atoms with van der Waals surface area (Å²) in [5, 5.41) is 2.78. The lowest BCUT2D eigenvalue weighted by molar-refractivity contribution is -0.123. The molecule has 0 bridgehead atoms. The molecule has 2 aromatic carbocycles. The number of para-hydroxylation sites is 1. The van der Waals surface area contributed by atoms with Crippen molar-refractivity contribution in [1.29, 1.82) is 0 Å². The predicted molar refractivity (Wildman–Crippen MR) is 104 cm³/mol. The van der Waals surface area contributed by atoms with Crippen LogP contribution in [0.1, 0.15) is 42.6 Å². The van der Waals surface area contributed by atoms with Crippen LogP contribution in [0.25, 0.3) is 0 Å². The second-order valence-corrected chi connectivity index (χ2v) is 8.59. The number of esters is 1. The van der Waals surface area contributed by atoms with E-state index in [9.17, 15) is 18.0 Å². The van der Waals surface area contributed by atoms with Gasteiger partial charge in [0.1, 0.15) is 0 Å². The molecule has 1 atom stereocenters. The Morgan fingerprint density at radius 1 is 0.963 bits per heavy atom. The first-order valence-electron chi connectivity index (χ1n) is 8.50. The van der Waals surface area contributed by atoms with Gasteiger partial charge in [-0.2, -0.15) is 0 Å². The fourth-order valence-corrected chi connectivity index (χ4v) is 3.10. The molecule has 0 aliphatic heterocycles. The molecule has 0 saturated heterocycles. The van der Waals surface area contributed by atoms with Gasteiger partial charge in [0.15, 0.2) is 15.9 Å². The summed E-state index contributed by atoms with van der Waals surface area (Å²) >= 11 is 0. The van der Waals surface area contributed by atoms with Gasteiger partial charge >= 0.3 is 5.97 Å². The molecule has 0 heterocycles. The van der Waals surface area contributed by atoms with E-state index in [1.165, 1.54) is 31.2 Å². The highest BCUT2D eigenvalue weighted by Gasteiger charge is 2.20. The lowest BCUT2D eigenvalue weighted by Crippen LogP contribution is -2.30. The quantitative estimate of drug-likeness (QED) is 0.765. The highest BCUT2D eigenvalue weighted by molar-refractivity contribution is 7.90. The fraction of sp³-hybridized carbons (Fsp3) is 0.300. The number of nitrogens with one attached hydrogen (secondary N) is 1. The number of sulfone groups is 1. The lowest BCUT2D eigenvalue weighted by atomic mass is 10.0. The third-order valence-electron chi connectivity index (χ3n) is 4.01. The first kappa shape index (κ1) is 20.6. The molecule has 1 amide bonds. The molecule has 1 N–H and O–H groups in total. The van der Waals surface area contributed by atoms with Gasteiger partial charge in [-0.05, 0) is 48.7 Å². The summed E-state index contributed by atoms with van der Waals surface area (Å²) in [6.07, 6.45) is 0.0779. The van der Waals surface area contributed by atoms with E-state index in [-0.39, 0.29) is 16.4 Å². The Kier molecular flexibility index (Phi) is 6.38. The largest absolute Gasteiger partial charge is 0.449 e. The minimum absolute atomic E-state index is 0.107. The molecule has 6 nitrogen and oxygen atoms in total. The summed E-state index contributed by atoms with van der Waals surface area (Å²) in [7, 11) is -3.34. The van der Waals surface area contributed by atoms with Crippen LogP contribution in [0, 0.1) is 0 Å². The SMILES string of the molecule is CC(C)c1ccccc1NC(=O)[C@@H](C)OC(=O)c1ccc(S(C)(=O)=O)cc1. The Bertz CT molecular complexity index is 933. The Labute approximate surface area is 159 Å². The van der Waals surface area contributed by atoms with Crippen LogP contribution in [0.4, 0.5) is 5.69 Å². The molecule has 0 aliphatic rings. The summed E-state index contributed by atoms with van der Waals surface area (Å²) in [5.41, 5.74) is 1.84. The van der Waals surface area contributed by atoms with Crippen LogP contribution in [-0.2, 0) is 19.4 Å². The zero-order valence-electron chi connectivity index (χ0n) is 15.7. The molecule has 0 fully saturated rings. The maximum atomic E-state index is 12.4. The molecule has 0 unspecified atom stereocenters. The van der Waals surface area contributed by atoms with E-state index < -0.39 is 27.8 Å². The maximum absolute atomic E-state index is 12.4. The zero-order chi connectivity index (χ0) is 20.2. The highest BCUT2D eigenvalue weighted by Crippen LogP contribution is 2.24. The van der Waals surface area contributed by atoms with E-state index in [1.54, 1.807) is 6.07 Å². The van der Waals surface area contributed by atoms with Crippen LogP contribution >= 0.6 is 0 Å². The van der Waals surface area contributed by atoms with Crippen LogP contribution in [-0.4, -0.2) is 32.7 Å². The summed E-state index contributed by atoms with van der Waals surface area (Å²) in [6.45, 7) is 5.53. The van der Waals surface area contributed by atoms with Crippen molar-refractivity contribution in [2.24, 2.45) is 0 Å². The summed E-state index contributed by atoms with van der Waals surface area (Å²) in [4.78, 5) is 24.7. The van der Waals surface area contributed by atoms with Gasteiger partial charge in [-0.25, -0.2) is 13.2 Å². The standard InChI is InChI=1S/C20H23NO5S/c1-13(2)17-7-5-6-8-18(17)21-19(22)14(3)26-20(23)15-9-11-16(12-10-15)27(4,24)25/h5-14H,1-4H3,(H,21,22)/t14-/m1/s1. The minimum atomic E-state index is -3.34. The van der Waals surface area contributed by atoms with Crippen LogP contribution in [0.2, 0.25) is 0 Å².